The van der Waals surface area contributed by atoms with E-state index in [1.165, 1.54) is 77.4 Å². The molecule has 0 radical (unpaired) electrons. The first-order valence-electron chi connectivity index (χ1n) is 23.8. The minimum atomic E-state index is -0.465. The van der Waals surface area contributed by atoms with Gasteiger partial charge in [0.15, 0.2) is 0 Å². The highest BCUT2D eigenvalue weighted by Gasteiger charge is 2.46. The molecule has 0 saturated heterocycles. The third kappa shape index (κ3) is 6.64. The van der Waals surface area contributed by atoms with Gasteiger partial charge in [-0.25, -0.2) is 0 Å². The Kier molecular flexibility index (Phi) is 9.77. The van der Waals surface area contributed by atoms with E-state index in [-0.39, 0.29) is 0 Å². The summed E-state index contributed by atoms with van der Waals surface area (Å²) in [4.78, 5) is 2.43. The number of hydrogen-bond donors (Lipinski definition) is 0. The van der Waals surface area contributed by atoms with Crippen LogP contribution in [0, 0.1) is 0 Å². The fourth-order valence-electron chi connectivity index (χ4n) is 11.2. The van der Waals surface area contributed by atoms with E-state index in [0.29, 0.717) is 0 Å². The molecule has 11 aromatic carbocycles. The van der Waals surface area contributed by atoms with Crippen molar-refractivity contribution in [2.45, 2.75) is 5.41 Å². The van der Waals surface area contributed by atoms with Gasteiger partial charge in [-0.1, -0.05) is 218 Å². The summed E-state index contributed by atoms with van der Waals surface area (Å²) in [5.41, 5.74) is 21.1. The van der Waals surface area contributed by atoms with Gasteiger partial charge in [-0.05, 0) is 122 Å². The Balaban J connectivity index is 0.937. The Bertz CT molecular complexity index is 3780. The normalized spacial score (nSPS) is 12.5. The molecule has 2 nitrogen and oxygen atoms in total. The topological polar surface area (TPSA) is 8.17 Å². The number of para-hydroxylation sites is 3. The van der Waals surface area contributed by atoms with Crippen molar-refractivity contribution in [3.05, 3.63) is 301 Å². The zero-order valence-electron chi connectivity index (χ0n) is 38.0. The summed E-state index contributed by atoms with van der Waals surface area (Å²) in [6.07, 6.45) is 0. The Hall–Kier alpha value is -8.98. The second-order valence-corrected chi connectivity index (χ2v) is 18.0. The summed E-state index contributed by atoms with van der Waals surface area (Å²) >= 11 is 0. The van der Waals surface area contributed by atoms with Crippen LogP contribution in [0.25, 0.3) is 72.0 Å². The molecule has 0 atom stereocenters. The molecule has 0 saturated carbocycles. The lowest BCUT2D eigenvalue weighted by atomic mass is 9.68. The summed E-state index contributed by atoms with van der Waals surface area (Å²) in [7, 11) is 0. The van der Waals surface area contributed by atoms with Gasteiger partial charge in [0.1, 0.15) is 0 Å². The predicted molar refractivity (Wildman–Crippen MR) is 289 cm³/mol. The second kappa shape index (κ2) is 16.7. The molecule has 0 bridgehead atoms. The van der Waals surface area contributed by atoms with Gasteiger partial charge in [0, 0.05) is 33.4 Å². The Labute approximate surface area is 403 Å². The summed E-state index contributed by atoms with van der Waals surface area (Å²) < 4.78 is 2.42. The molecule has 12 aromatic rings. The van der Waals surface area contributed by atoms with E-state index in [9.17, 15) is 0 Å². The van der Waals surface area contributed by atoms with Crippen LogP contribution < -0.4 is 4.90 Å². The molecule has 1 aliphatic rings. The first kappa shape index (κ1) is 40.3. The highest BCUT2D eigenvalue weighted by atomic mass is 15.1. The molecule has 1 aromatic heterocycles. The molecule has 2 heteroatoms. The van der Waals surface area contributed by atoms with Gasteiger partial charge in [0.05, 0.1) is 22.1 Å². The fraction of sp³-hybridized carbons (Fsp3) is 0.0149. The largest absolute Gasteiger partial charge is 0.310 e. The Morgan fingerprint density at radius 2 is 0.826 bits per heavy atom. The minimum absolute atomic E-state index is 0.465. The highest BCUT2D eigenvalue weighted by Crippen LogP contribution is 2.57. The van der Waals surface area contributed by atoms with Crippen molar-refractivity contribution in [3.63, 3.8) is 0 Å². The summed E-state index contributed by atoms with van der Waals surface area (Å²) in [6, 6.07) is 102. The van der Waals surface area contributed by atoms with Crippen LogP contribution in [0.2, 0.25) is 0 Å². The quantitative estimate of drug-likeness (QED) is 0.140. The maximum Gasteiger partial charge on any atom is 0.0713 e. The number of hydrogen-bond acceptors (Lipinski definition) is 1. The maximum absolute atomic E-state index is 2.43. The van der Waals surface area contributed by atoms with Crippen LogP contribution in [0.1, 0.15) is 22.3 Å². The Morgan fingerprint density at radius 1 is 0.290 bits per heavy atom. The monoisotopic (exact) mass is 878 g/mol. The highest BCUT2D eigenvalue weighted by molar-refractivity contribution is 6.10. The molecule has 13 rings (SSSR count). The number of anilines is 3. The molecule has 0 spiro atoms. The third-order valence-electron chi connectivity index (χ3n) is 14.3. The fourth-order valence-corrected chi connectivity index (χ4v) is 11.2. The SMILES string of the molecule is c1ccc(-c2ccc(-n3c4ccccc4c4ccc(-c5cccc(-c6ccccc6N(c6ccccc6)c6ccc7c(c6)-c6ccccc6C7(c6ccccc6)c6ccccc6)c5)cc43)cc2)cc1. The molecule has 1 heterocycles. The van der Waals surface area contributed by atoms with Crippen molar-refractivity contribution in [1.29, 1.82) is 0 Å². The lowest BCUT2D eigenvalue weighted by molar-refractivity contribution is 0.768. The summed E-state index contributed by atoms with van der Waals surface area (Å²) in [5, 5.41) is 2.49. The minimum Gasteiger partial charge on any atom is -0.310 e. The summed E-state index contributed by atoms with van der Waals surface area (Å²) in [5.74, 6) is 0. The molecule has 0 amide bonds. The molecule has 0 aliphatic heterocycles. The van der Waals surface area contributed by atoms with Crippen LogP contribution in [0.4, 0.5) is 17.1 Å². The van der Waals surface area contributed by atoms with Gasteiger partial charge in [-0.3, -0.25) is 0 Å². The van der Waals surface area contributed by atoms with E-state index in [2.05, 4.69) is 289 Å². The Morgan fingerprint density at radius 3 is 1.58 bits per heavy atom. The molecule has 69 heavy (non-hydrogen) atoms. The second-order valence-electron chi connectivity index (χ2n) is 18.0. The zero-order chi connectivity index (χ0) is 45.7. The standard InChI is InChI=1S/C67H46N2/c1-5-20-47(21-6-1)48-36-39-55(40-37-48)69-65-35-18-15-32-59(65)60-42-38-50(45-66(60)69)49-22-19-23-51(44-49)57-30-14-17-34-64(57)68(54-28-11-4-12-29-54)56-41-43-63-61(46-56)58-31-13-16-33-62(58)67(63,52-24-7-2-8-25-52)53-26-9-3-10-27-53/h1-46H. The smallest absolute Gasteiger partial charge is 0.0713 e. The van der Waals surface area contributed by atoms with Crippen molar-refractivity contribution < 1.29 is 0 Å². The third-order valence-corrected chi connectivity index (χ3v) is 14.3. The number of aromatic nitrogens is 1. The van der Waals surface area contributed by atoms with Crippen molar-refractivity contribution in [1.82, 2.24) is 4.57 Å². The van der Waals surface area contributed by atoms with Crippen LogP contribution in [0.15, 0.2) is 279 Å². The van der Waals surface area contributed by atoms with Crippen molar-refractivity contribution in [3.8, 4) is 50.2 Å². The van der Waals surface area contributed by atoms with Gasteiger partial charge >= 0.3 is 0 Å². The average Bonchev–Trinajstić information content (AvgIpc) is 3.92. The maximum atomic E-state index is 2.43. The first-order chi connectivity index (χ1) is 34.2. The predicted octanol–water partition coefficient (Wildman–Crippen LogP) is 17.6. The van der Waals surface area contributed by atoms with Gasteiger partial charge in [0.2, 0.25) is 0 Å². The molecular weight excluding hydrogens is 833 g/mol. The van der Waals surface area contributed by atoms with E-state index in [1.54, 1.807) is 0 Å². The lowest BCUT2D eigenvalue weighted by Gasteiger charge is -2.34. The van der Waals surface area contributed by atoms with Crippen LogP contribution >= 0.6 is 0 Å². The van der Waals surface area contributed by atoms with Crippen molar-refractivity contribution >= 4 is 38.9 Å². The molecule has 1 aliphatic carbocycles. The van der Waals surface area contributed by atoms with E-state index in [1.807, 2.05) is 0 Å². The lowest BCUT2D eigenvalue weighted by Crippen LogP contribution is -2.28. The molecule has 0 N–H and O–H groups in total. The first-order valence-corrected chi connectivity index (χ1v) is 23.8. The average molecular weight is 879 g/mol. The summed E-state index contributed by atoms with van der Waals surface area (Å²) in [6.45, 7) is 0. The van der Waals surface area contributed by atoms with Crippen molar-refractivity contribution in [2.24, 2.45) is 0 Å². The van der Waals surface area contributed by atoms with E-state index in [4.69, 9.17) is 0 Å². The number of benzene rings is 11. The van der Waals surface area contributed by atoms with Gasteiger partial charge < -0.3 is 9.47 Å². The molecule has 0 unspecified atom stereocenters. The van der Waals surface area contributed by atoms with Gasteiger partial charge in [-0.2, -0.15) is 0 Å². The number of fused-ring (bicyclic) bond motifs is 6. The van der Waals surface area contributed by atoms with Crippen LogP contribution in [-0.4, -0.2) is 4.57 Å². The molecule has 0 fully saturated rings. The number of nitrogens with zero attached hydrogens (tertiary/aromatic N) is 2. The zero-order valence-corrected chi connectivity index (χ0v) is 38.0. The van der Waals surface area contributed by atoms with Crippen molar-refractivity contribution in [2.75, 3.05) is 4.90 Å². The van der Waals surface area contributed by atoms with E-state index < -0.39 is 5.41 Å². The van der Waals surface area contributed by atoms with Crippen LogP contribution in [0.3, 0.4) is 0 Å². The van der Waals surface area contributed by atoms with Crippen LogP contribution in [-0.2, 0) is 5.41 Å². The number of rotatable bonds is 9. The van der Waals surface area contributed by atoms with E-state index >= 15 is 0 Å². The van der Waals surface area contributed by atoms with Crippen LogP contribution in [0.5, 0.6) is 0 Å². The van der Waals surface area contributed by atoms with Gasteiger partial charge in [-0.15, -0.1) is 0 Å². The molecule has 324 valence electrons. The molecular formula is C67H46N2. The van der Waals surface area contributed by atoms with E-state index in [0.717, 1.165) is 33.9 Å². The van der Waals surface area contributed by atoms with Gasteiger partial charge in [0.25, 0.3) is 0 Å².